The molecule has 0 bridgehead atoms. The van der Waals surface area contributed by atoms with Crippen LogP contribution in [0.1, 0.15) is 35.9 Å². The van der Waals surface area contributed by atoms with Crippen LogP contribution in [0, 0.1) is 6.92 Å². The summed E-state index contributed by atoms with van der Waals surface area (Å²) in [5.74, 6) is 1.04. The minimum atomic E-state index is -0.759. The van der Waals surface area contributed by atoms with Crippen molar-refractivity contribution in [3.63, 3.8) is 0 Å². The number of carbonyl (C=O) groups excluding carboxylic acids is 2. The lowest BCUT2D eigenvalue weighted by molar-refractivity contribution is -0.123. The fourth-order valence-corrected chi connectivity index (χ4v) is 3.37. The molecule has 152 valence electrons. The number of benzene rings is 2. The van der Waals surface area contributed by atoms with Gasteiger partial charge in [0, 0.05) is 18.4 Å². The number of carbonyl (C=O) groups is 2. The SMILES string of the molecule is C/C(=C\CC1OC(=O)NC1=O)c1cccc(Cc2nc(-c3ccccc3)oc2C)c1. The Hall–Kier alpha value is -3.67. The number of hydrogen-bond acceptors (Lipinski definition) is 5. The molecule has 30 heavy (non-hydrogen) atoms. The molecule has 6 heteroatoms. The van der Waals surface area contributed by atoms with E-state index in [4.69, 9.17) is 9.15 Å². The summed E-state index contributed by atoms with van der Waals surface area (Å²) in [6.45, 7) is 3.90. The number of oxazole rings is 1. The topological polar surface area (TPSA) is 81.4 Å². The van der Waals surface area contributed by atoms with Crippen LogP contribution in [0.2, 0.25) is 0 Å². The minimum Gasteiger partial charge on any atom is -0.441 e. The molecule has 6 nitrogen and oxygen atoms in total. The number of amides is 2. The number of nitrogens with zero attached hydrogens (tertiary/aromatic N) is 1. The molecule has 1 N–H and O–H groups in total. The van der Waals surface area contributed by atoms with Gasteiger partial charge >= 0.3 is 6.09 Å². The van der Waals surface area contributed by atoms with Gasteiger partial charge in [-0.05, 0) is 42.7 Å². The van der Waals surface area contributed by atoms with Crippen LogP contribution < -0.4 is 5.32 Å². The molecule has 0 radical (unpaired) electrons. The van der Waals surface area contributed by atoms with E-state index in [9.17, 15) is 9.59 Å². The molecule has 1 aromatic heterocycles. The van der Waals surface area contributed by atoms with E-state index in [1.807, 2.05) is 62.4 Å². The zero-order valence-electron chi connectivity index (χ0n) is 16.8. The summed E-state index contributed by atoms with van der Waals surface area (Å²) in [6.07, 6.45) is 1.47. The summed E-state index contributed by atoms with van der Waals surface area (Å²) in [5.41, 5.74) is 5.02. The first-order chi connectivity index (χ1) is 14.5. The van der Waals surface area contributed by atoms with Gasteiger partial charge in [-0.3, -0.25) is 10.1 Å². The Morgan fingerprint density at radius 2 is 1.93 bits per heavy atom. The molecule has 1 saturated heterocycles. The van der Waals surface area contributed by atoms with Crippen LogP contribution in [0.3, 0.4) is 0 Å². The first-order valence-corrected chi connectivity index (χ1v) is 9.79. The van der Waals surface area contributed by atoms with Gasteiger partial charge in [0.2, 0.25) is 5.89 Å². The molecule has 1 aliphatic heterocycles. The molecule has 3 aromatic rings. The summed E-state index contributed by atoms with van der Waals surface area (Å²) in [7, 11) is 0. The highest BCUT2D eigenvalue weighted by atomic mass is 16.6. The van der Waals surface area contributed by atoms with Gasteiger partial charge in [0.05, 0.1) is 5.69 Å². The van der Waals surface area contributed by atoms with E-state index in [0.717, 1.165) is 33.7 Å². The summed E-state index contributed by atoms with van der Waals surface area (Å²) < 4.78 is 10.8. The smallest absolute Gasteiger partial charge is 0.414 e. The van der Waals surface area contributed by atoms with E-state index in [2.05, 4.69) is 22.4 Å². The molecule has 4 rings (SSSR count). The van der Waals surface area contributed by atoms with Crippen molar-refractivity contribution in [2.75, 3.05) is 0 Å². The number of alkyl carbamates (subject to hydrolysis) is 1. The molecule has 2 heterocycles. The van der Waals surface area contributed by atoms with Gasteiger partial charge in [-0.25, -0.2) is 9.78 Å². The van der Waals surface area contributed by atoms with Crippen molar-refractivity contribution in [2.45, 2.75) is 32.8 Å². The lowest BCUT2D eigenvalue weighted by Gasteiger charge is -2.07. The molecule has 2 amide bonds. The number of ether oxygens (including phenoxy) is 1. The number of imide groups is 1. The molecular weight excluding hydrogens is 380 g/mol. The summed E-state index contributed by atoms with van der Waals surface area (Å²) >= 11 is 0. The average molecular weight is 402 g/mol. The van der Waals surface area contributed by atoms with E-state index in [1.165, 1.54) is 0 Å². The quantitative estimate of drug-likeness (QED) is 0.648. The monoisotopic (exact) mass is 402 g/mol. The average Bonchev–Trinajstić information content (AvgIpc) is 3.28. The summed E-state index contributed by atoms with van der Waals surface area (Å²) in [5, 5.41) is 2.14. The number of hydrogen-bond donors (Lipinski definition) is 1. The molecule has 1 aliphatic rings. The zero-order chi connectivity index (χ0) is 21.1. The minimum absolute atomic E-state index is 0.344. The van der Waals surface area contributed by atoms with Crippen LogP contribution in [-0.2, 0) is 16.0 Å². The molecule has 1 atom stereocenters. The van der Waals surface area contributed by atoms with Crippen molar-refractivity contribution < 1.29 is 18.7 Å². The Bertz CT molecular complexity index is 1120. The maximum Gasteiger partial charge on any atom is 0.414 e. The van der Waals surface area contributed by atoms with E-state index >= 15 is 0 Å². The molecule has 1 fully saturated rings. The second-order valence-electron chi connectivity index (χ2n) is 7.27. The van der Waals surface area contributed by atoms with Gasteiger partial charge in [0.15, 0.2) is 6.10 Å². The van der Waals surface area contributed by atoms with Crippen LogP contribution >= 0.6 is 0 Å². The number of allylic oxidation sites excluding steroid dienone is 1. The number of aromatic nitrogens is 1. The molecule has 1 unspecified atom stereocenters. The second-order valence-corrected chi connectivity index (χ2v) is 7.27. The maximum absolute atomic E-state index is 11.6. The van der Waals surface area contributed by atoms with E-state index in [1.54, 1.807) is 0 Å². The normalized spacial score (nSPS) is 16.5. The van der Waals surface area contributed by atoms with Gasteiger partial charge < -0.3 is 9.15 Å². The van der Waals surface area contributed by atoms with Crippen molar-refractivity contribution in [3.05, 3.63) is 83.3 Å². The first-order valence-electron chi connectivity index (χ1n) is 9.79. The Kier molecular flexibility index (Phi) is 5.48. The molecular formula is C24H22N2O4. The van der Waals surface area contributed by atoms with Crippen LogP contribution in [0.4, 0.5) is 4.79 Å². The molecule has 0 saturated carbocycles. The van der Waals surface area contributed by atoms with Crippen LogP contribution in [0.5, 0.6) is 0 Å². The third kappa shape index (κ3) is 4.33. The highest BCUT2D eigenvalue weighted by molar-refractivity contribution is 6.00. The Morgan fingerprint density at radius 3 is 2.67 bits per heavy atom. The Labute approximate surface area is 174 Å². The third-order valence-corrected chi connectivity index (χ3v) is 5.07. The number of cyclic esters (lactones) is 1. The Balaban J connectivity index is 1.49. The van der Waals surface area contributed by atoms with Crippen molar-refractivity contribution in [1.82, 2.24) is 10.3 Å². The second kappa shape index (κ2) is 8.37. The summed E-state index contributed by atoms with van der Waals surface area (Å²) in [6, 6.07) is 18.0. The van der Waals surface area contributed by atoms with Gasteiger partial charge in [0.25, 0.3) is 5.91 Å². The fourth-order valence-electron chi connectivity index (χ4n) is 3.37. The van der Waals surface area contributed by atoms with E-state index in [-0.39, 0.29) is 0 Å². The molecule has 2 aromatic carbocycles. The number of nitrogens with one attached hydrogen (secondary N) is 1. The Morgan fingerprint density at radius 1 is 1.13 bits per heavy atom. The third-order valence-electron chi connectivity index (χ3n) is 5.07. The predicted octanol–water partition coefficient (Wildman–Crippen LogP) is 4.67. The maximum atomic E-state index is 11.6. The zero-order valence-corrected chi connectivity index (χ0v) is 16.8. The van der Waals surface area contributed by atoms with Crippen molar-refractivity contribution in [2.24, 2.45) is 0 Å². The lowest BCUT2D eigenvalue weighted by atomic mass is 10.0. The lowest BCUT2D eigenvalue weighted by Crippen LogP contribution is -2.23. The first kappa shape index (κ1) is 19.6. The van der Waals surface area contributed by atoms with E-state index < -0.39 is 18.1 Å². The highest BCUT2D eigenvalue weighted by Gasteiger charge is 2.30. The largest absolute Gasteiger partial charge is 0.441 e. The highest BCUT2D eigenvalue weighted by Crippen LogP contribution is 2.24. The number of rotatable bonds is 6. The van der Waals surface area contributed by atoms with Gasteiger partial charge in [-0.15, -0.1) is 0 Å². The van der Waals surface area contributed by atoms with Crippen LogP contribution in [0.15, 0.2) is 65.1 Å². The summed E-state index contributed by atoms with van der Waals surface area (Å²) in [4.78, 5) is 27.4. The standard InChI is InChI=1S/C24H22N2O4/c1-15(11-12-21-22(27)26-24(28)30-21)19-10-6-7-17(13-19)14-20-16(2)29-23(25-20)18-8-4-3-5-9-18/h3-11,13,21H,12,14H2,1-2H3,(H,26,27,28)/b15-11+. The van der Waals surface area contributed by atoms with Crippen LogP contribution in [0.25, 0.3) is 17.0 Å². The van der Waals surface area contributed by atoms with Gasteiger partial charge in [-0.1, -0.05) is 48.5 Å². The van der Waals surface area contributed by atoms with Gasteiger partial charge in [0.1, 0.15) is 5.76 Å². The predicted molar refractivity (Wildman–Crippen MR) is 113 cm³/mol. The molecule has 0 aliphatic carbocycles. The van der Waals surface area contributed by atoms with Crippen molar-refractivity contribution >= 4 is 17.6 Å². The molecule has 0 spiro atoms. The van der Waals surface area contributed by atoms with E-state index in [0.29, 0.717) is 18.7 Å². The number of aryl methyl sites for hydroxylation is 1. The van der Waals surface area contributed by atoms with Crippen molar-refractivity contribution in [1.29, 1.82) is 0 Å². The van der Waals surface area contributed by atoms with Crippen LogP contribution in [-0.4, -0.2) is 23.1 Å². The fraction of sp³-hybridized carbons (Fsp3) is 0.208. The van der Waals surface area contributed by atoms with Gasteiger partial charge in [-0.2, -0.15) is 0 Å². The van der Waals surface area contributed by atoms with Crippen molar-refractivity contribution in [3.8, 4) is 11.5 Å².